The van der Waals surface area contributed by atoms with Gasteiger partial charge in [0.2, 0.25) is 11.8 Å². The third-order valence-electron chi connectivity index (χ3n) is 2.62. The van der Waals surface area contributed by atoms with Gasteiger partial charge in [-0.1, -0.05) is 12.1 Å². The van der Waals surface area contributed by atoms with Crippen LogP contribution in [0.5, 0.6) is 0 Å². The maximum Gasteiger partial charge on any atom is 0.409 e. The zero-order chi connectivity index (χ0) is 16.4. The van der Waals surface area contributed by atoms with Crippen LogP contribution < -0.4 is 4.90 Å². The number of halogens is 6. The molecule has 1 aromatic rings. The van der Waals surface area contributed by atoms with Crippen LogP contribution in [0.25, 0.3) is 0 Å². The molecule has 114 valence electrons. The molecule has 21 heavy (non-hydrogen) atoms. The van der Waals surface area contributed by atoms with Crippen LogP contribution >= 0.6 is 0 Å². The van der Waals surface area contributed by atoms with Crippen LogP contribution in [0.3, 0.4) is 0 Å². The monoisotopic (exact) mass is 310 g/mol. The van der Waals surface area contributed by atoms with Crippen LogP contribution in [0.2, 0.25) is 0 Å². The van der Waals surface area contributed by atoms with E-state index in [-0.39, 0.29) is 16.2 Å². The third kappa shape index (κ3) is 3.65. The lowest BCUT2D eigenvalue weighted by atomic mass is 10.1. The molecular weight excluding hydrogens is 302 g/mol. The minimum absolute atomic E-state index is 0.185. The number of amides is 1. The van der Waals surface area contributed by atoms with Crippen LogP contribution in [0.15, 0.2) is 24.3 Å². The number of benzene rings is 1. The highest BCUT2D eigenvalue weighted by Crippen LogP contribution is 2.41. The average Bonchev–Trinajstić information content (AvgIpc) is 2.34. The predicted molar refractivity (Wildman–Crippen MR) is 60.2 cm³/mol. The topological polar surface area (TPSA) is 44.1 Å². The van der Waals surface area contributed by atoms with Crippen molar-refractivity contribution >= 4 is 11.6 Å². The largest absolute Gasteiger partial charge is 0.409 e. The first-order valence-corrected chi connectivity index (χ1v) is 5.40. The normalized spacial score (nSPS) is 12.1. The van der Waals surface area contributed by atoms with Crippen molar-refractivity contribution in [1.82, 2.24) is 0 Å². The number of nitriles is 1. The van der Waals surface area contributed by atoms with Crippen LogP contribution in [-0.2, 0) is 4.79 Å². The van der Waals surface area contributed by atoms with Gasteiger partial charge in [0, 0.05) is 7.05 Å². The van der Waals surface area contributed by atoms with E-state index in [9.17, 15) is 31.1 Å². The summed E-state index contributed by atoms with van der Waals surface area (Å²) in [6.45, 7) is 0. The molecule has 1 aromatic carbocycles. The van der Waals surface area contributed by atoms with Gasteiger partial charge in [-0.15, -0.1) is 0 Å². The zero-order valence-corrected chi connectivity index (χ0v) is 10.5. The molecule has 9 heteroatoms. The summed E-state index contributed by atoms with van der Waals surface area (Å²) in [5.41, 5.74) is -0.542. The molecule has 0 N–H and O–H groups in total. The summed E-state index contributed by atoms with van der Waals surface area (Å²) >= 11 is 0. The van der Waals surface area contributed by atoms with Crippen LogP contribution in [0.4, 0.5) is 32.0 Å². The molecule has 0 saturated carbocycles. The Kier molecular flexibility index (Phi) is 4.51. The standard InChI is InChI=1S/C12H8F6N2O/c1-20(8-5-3-2-4-7(8)6-19)10(21)9(11(13,14)15)12(16,17)18/h2-5,9H,1H3. The fourth-order valence-electron chi connectivity index (χ4n) is 1.64. The molecule has 0 saturated heterocycles. The first kappa shape index (κ1) is 16.8. The smallest absolute Gasteiger partial charge is 0.313 e. The lowest BCUT2D eigenvalue weighted by molar-refractivity contribution is -0.273. The van der Waals surface area contributed by atoms with Crippen molar-refractivity contribution in [1.29, 1.82) is 5.26 Å². The summed E-state index contributed by atoms with van der Waals surface area (Å²) in [4.78, 5) is 11.8. The number of nitrogens with zero attached hydrogens (tertiary/aromatic N) is 2. The molecule has 0 aliphatic heterocycles. The van der Waals surface area contributed by atoms with Gasteiger partial charge in [0.25, 0.3) is 0 Å². The van der Waals surface area contributed by atoms with E-state index in [1.807, 2.05) is 0 Å². The number of anilines is 1. The van der Waals surface area contributed by atoms with Crippen LogP contribution in [0.1, 0.15) is 5.56 Å². The van der Waals surface area contributed by atoms with Crippen molar-refractivity contribution in [3.63, 3.8) is 0 Å². The Labute approximate surface area is 115 Å². The van der Waals surface area contributed by atoms with Gasteiger partial charge in [-0.25, -0.2) is 0 Å². The van der Waals surface area contributed by atoms with Gasteiger partial charge >= 0.3 is 12.4 Å². The summed E-state index contributed by atoms with van der Waals surface area (Å²) in [6.07, 6.45) is -11.5. The van der Waals surface area contributed by atoms with E-state index in [0.29, 0.717) is 0 Å². The molecule has 0 aliphatic carbocycles. The molecule has 0 spiro atoms. The highest BCUT2D eigenvalue weighted by atomic mass is 19.4. The summed E-state index contributed by atoms with van der Waals surface area (Å²) in [5, 5.41) is 8.78. The molecule has 1 rings (SSSR count). The number of rotatable bonds is 2. The SMILES string of the molecule is CN(C(=O)C(C(F)(F)F)C(F)(F)F)c1ccccc1C#N. The quantitative estimate of drug-likeness (QED) is 0.787. The van der Waals surface area contributed by atoms with Gasteiger partial charge in [0.1, 0.15) is 6.07 Å². The fourth-order valence-corrected chi connectivity index (χ4v) is 1.64. The van der Waals surface area contributed by atoms with Crippen LogP contribution in [0, 0.1) is 17.2 Å². The summed E-state index contributed by atoms with van der Waals surface area (Å²) in [6, 6.07) is 6.51. The minimum atomic E-state index is -5.77. The van der Waals surface area contributed by atoms with Crippen molar-refractivity contribution in [2.75, 3.05) is 11.9 Å². The maximum atomic E-state index is 12.5. The Balaban J connectivity index is 3.25. The molecule has 0 atom stereocenters. The highest BCUT2D eigenvalue weighted by molar-refractivity contribution is 5.96. The van der Waals surface area contributed by atoms with Gasteiger partial charge < -0.3 is 4.90 Å². The Morgan fingerprint density at radius 2 is 1.62 bits per heavy atom. The van der Waals surface area contributed by atoms with E-state index in [1.165, 1.54) is 18.2 Å². The number of hydrogen-bond acceptors (Lipinski definition) is 2. The second-order valence-corrected chi connectivity index (χ2v) is 4.04. The first-order valence-electron chi connectivity index (χ1n) is 5.40. The van der Waals surface area contributed by atoms with Gasteiger partial charge in [0.15, 0.2) is 0 Å². The van der Waals surface area contributed by atoms with Gasteiger partial charge in [-0.3, -0.25) is 4.79 Å². The third-order valence-corrected chi connectivity index (χ3v) is 2.62. The lowest BCUT2D eigenvalue weighted by Crippen LogP contribution is -2.48. The number of para-hydroxylation sites is 1. The van der Waals surface area contributed by atoms with E-state index >= 15 is 0 Å². The predicted octanol–water partition coefficient (Wildman–Crippen LogP) is 3.26. The maximum absolute atomic E-state index is 12.5. The molecule has 0 aliphatic rings. The summed E-state index contributed by atoms with van der Waals surface area (Å²) < 4.78 is 75.0. The van der Waals surface area contributed by atoms with Crippen molar-refractivity contribution in [3.05, 3.63) is 29.8 Å². The van der Waals surface area contributed by atoms with E-state index in [4.69, 9.17) is 5.26 Å². The number of alkyl halides is 6. The van der Waals surface area contributed by atoms with Crippen LogP contribution in [-0.4, -0.2) is 25.3 Å². The Morgan fingerprint density at radius 1 is 1.14 bits per heavy atom. The molecular formula is C12H8F6N2O. The lowest BCUT2D eigenvalue weighted by Gasteiger charge is -2.27. The molecule has 3 nitrogen and oxygen atoms in total. The van der Waals surface area contributed by atoms with Crippen molar-refractivity contribution in [3.8, 4) is 6.07 Å². The van der Waals surface area contributed by atoms with Crippen molar-refractivity contribution < 1.29 is 31.1 Å². The van der Waals surface area contributed by atoms with Gasteiger partial charge in [-0.05, 0) is 12.1 Å². The summed E-state index contributed by atoms with van der Waals surface area (Å²) in [5.74, 6) is -6.33. The second kappa shape index (κ2) is 5.63. The molecule has 0 unspecified atom stereocenters. The number of carbonyl (C=O) groups excluding carboxylic acids is 1. The average molecular weight is 310 g/mol. The summed E-state index contributed by atoms with van der Waals surface area (Å²) in [7, 11) is 0.753. The molecule has 0 heterocycles. The molecule has 0 aromatic heterocycles. The second-order valence-electron chi connectivity index (χ2n) is 4.04. The minimum Gasteiger partial charge on any atom is -0.313 e. The number of hydrogen-bond donors (Lipinski definition) is 0. The van der Waals surface area contributed by atoms with Gasteiger partial charge in [-0.2, -0.15) is 31.6 Å². The van der Waals surface area contributed by atoms with Crippen molar-refractivity contribution in [2.24, 2.45) is 5.92 Å². The zero-order valence-electron chi connectivity index (χ0n) is 10.5. The Hall–Kier alpha value is -2.24. The molecule has 0 radical (unpaired) electrons. The first-order chi connectivity index (χ1) is 9.50. The molecule has 0 bridgehead atoms. The van der Waals surface area contributed by atoms with Crippen molar-refractivity contribution in [2.45, 2.75) is 12.4 Å². The molecule has 0 fully saturated rings. The highest BCUT2D eigenvalue weighted by Gasteiger charge is 2.62. The van der Waals surface area contributed by atoms with Gasteiger partial charge in [0.05, 0.1) is 11.3 Å². The van der Waals surface area contributed by atoms with E-state index in [2.05, 4.69) is 0 Å². The molecule has 1 amide bonds. The number of carbonyl (C=O) groups is 1. The van der Waals surface area contributed by atoms with E-state index in [1.54, 1.807) is 6.07 Å². The fraction of sp³-hybridized carbons (Fsp3) is 0.333. The van der Waals surface area contributed by atoms with E-state index < -0.39 is 24.2 Å². The van der Waals surface area contributed by atoms with E-state index in [0.717, 1.165) is 13.1 Å². The Morgan fingerprint density at radius 3 is 2.05 bits per heavy atom. The Bertz CT molecular complexity index is 558.